The number of fused-ring (bicyclic) bond motifs is 1. The highest BCUT2D eigenvalue weighted by atomic mass is 19.1. The molecule has 0 aromatic heterocycles. The van der Waals surface area contributed by atoms with Crippen LogP contribution in [0.5, 0.6) is 11.5 Å². The zero-order valence-electron chi connectivity index (χ0n) is 14.0. The smallest absolute Gasteiger partial charge is 0.188 e. The fourth-order valence-corrected chi connectivity index (χ4v) is 2.81. The van der Waals surface area contributed by atoms with Crippen molar-refractivity contribution >= 4 is 11.9 Å². The van der Waals surface area contributed by atoms with Crippen molar-refractivity contribution in [2.24, 2.45) is 0 Å². The molecular formula is C20H18F2O3. The number of allylic oxidation sites excluding steroid dienone is 1. The first-order valence-electron chi connectivity index (χ1n) is 8.11. The molecule has 0 aliphatic carbocycles. The van der Waals surface area contributed by atoms with E-state index in [9.17, 15) is 13.6 Å². The molecule has 2 aromatic rings. The van der Waals surface area contributed by atoms with Crippen molar-refractivity contribution in [1.82, 2.24) is 0 Å². The Morgan fingerprint density at radius 1 is 1.32 bits per heavy atom. The average Bonchev–Trinajstić information content (AvgIpc) is 2.93. The highest BCUT2D eigenvalue weighted by Crippen LogP contribution is 2.35. The third kappa shape index (κ3) is 3.71. The second-order valence-corrected chi connectivity index (χ2v) is 5.89. The minimum absolute atomic E-state index is 0.0896. The van der Waals surface area contributed by atoms with Crippen molar-refractivity contribution in [2.45, 2.75) is 26.4 Å². The van der Waals surface area contributed by atoms with Crippen LogP contribution < -0.4 is 9.47 Å². The first kappa shape index (κ1) is 17.1. The van der Waals surface area contributed by atoms with Gasteiger partial charge in [0.15, 0.2) is 5.78 Å². The van der Waals surface area contributed by atoms with Crippen LogP contribution in [0.2, 0.25) is 0 Å². The monoisotopic (exact) mass is 344 g/mol. The average molecular weight is 344 g/mol. The maximum Gasteiger partial charge on any atom is 0.188 e. The Morgan fingerprint density at radius 3 is 2.88 bits per heavy atom. The standard InChI is InChI=1S/C20H18F2O3/c1-3-24-19-10-14-8-12(2)25-20(14)9-13(19)4-7-18(23)16-11-15(21)5-6-17(16)22/h4-7,9-12H,3,8H2,1-2H3/b7-4+/t12-/m1/s1. The number of ether oxygens (including phenoxy) is 2. The van der Waals surface area contributed by atoms with Crippen LogP contribution in [-0.2, 0) is 6.42 Å². The summed E-state index contributed by atoms with van der Waals surface area (Å²) < 4.78 is 38.3. The van der Waals surface area contributed by atoms with Crippen molar-refractivity contribution in [1.29, 1.82) is 0 Å². The van der Waals surface area contributed by atoms with Gasteiger partial charge >= 0.3 is 0 Å². The molecule has 0 bridgehead atoms. The molecule has 0 unspecified atom stereocenters. The van der Waals surface area contributed by atoms with Gasteiger partial charge in [-0.3, -0.25) is 4.79 Å². The Morgan fingerprint density at radius 2 is 2.12 bits per heavy atom. The molecule has 0 fully saturated rings. The summed E-state index contributed by atoms with van der Waals surface area (Å²) >= 11 is 0. The van der Waals surface area contributed by atoms with E-state index in [-0.39, 0.29) is 11.7 Å². The summed E-state index contributed by atoms with van der Waals surface area (Å²) in [7, 11) is 0. The van der Waals surface area contributed by atoms with E-state index in [2.05, 4.69) is 0 Å². The lowest BCUT2D eigenvalue weighted by Gasteiger charge is -2.10. The maximum absolute atomic E-state index is 13.7. The summed E-state index contributed by atoms with van der Waals surface area (Å²) in [5.74, 6) is -0.655. The molecule has 25 heavy (non-hydrogen) atoms. The van der Waals surface area contributed by atoms with Crippen molar-refractivity contribution in [3.63, 3.8) is 0 Å². The molecular weight excluding hydrogens is 326 g/mol. The Labute approximate surface area is 144 Å². The molecule has 5 heteroatoms. The van der Waals surface area contributed by atoms with Crippen LogP contribution in [0.25, 0.3) is 6.08 Å². The van der Waals surface area contributed by atoms with E-state index in [1.54, 1.807) is 6.07 Å². The molecule has 1 atom stereocenters. The minimum Gasteiger partial charge on any atom is -0.493 e. The van der Waals surface area contributed by atoms with Crippen LogP contribution in [0, 0.1) is 11.6 Å². The number of hydrogen-bond donors (Lipinski definition) is 0. The largest absolute Gasteiger partial charge is 0.493 e. The van der Waals surface area contributed by atoms with E-state index in [1.165, 1.54) is 12.2 Å². The first-order valence-corrected chi connectivity index (χ1v) is 8.11. The molecule has 0 spiro atoms. The molecule has 1 aliphatic rings. The van der Waals surface area contributed by atoms with Gasteiger partial charge in [-0.25, -0.2) is 8.78 Å². The van der Waals surface area contributed by atoms with Gasteiger partial charge in [-0.2, -0.15) is 0 Å². The Bertz CT molecular complexity index is 843. The van der Waals surface area contributed by atoms with Gasteiger partial charge in [-0.1, -0.05) is 0 Å². The summed E-state index contributed by atoms with van der Waals surface area (Å²) in [5.41, 5.74) is 1.40. The third-order valence-electron chi connectivity index (χ3n) is 3.94. The molecule has 0 saturated carbocycles. The highest BCUT2D eigenvalue weighted by molar-refractivity contribution is 6.07. The maximum atomic E-state index is 13.7. The van der Waals surface area contributed by atoms with Crippen molar-refractivity contribution in [3.05, 3.63) is 64.7 Å². The number of halogens is 2. The van der Waals surface area contributed by atoms with Gasteiger partial charge in [0.25, 0.3) is 0 Å². The topological polar surface area (TPSA) is 35.5 Å². The molecule has 3 nitrogen and oxygen atoms in total. The number of hydrogen-bond acceptors (Lipinski definition) is 3. The van der Waals surface area contributed by atoms with E-state index >= 15 is 0 Å². The number of carbonyl (C=O) groups excluding carboxylic acids is 1. The van der Waals surface area contributed by atoms with Crippen LogP contribution in [0.3, 0.4) is 0 Å². The van der Waals surface area contributed by atoms with E-state index in [4.69, 9.17) is 9.47 Å². The summed E-state index contributed by atoms with van der Waals surface area (Å²) in [4.78, 5) is 12.2. The molecule has 0 saturated heterocycles. The number of carbonyl (C=O) groups is 1. The fourth-order valence-electron chi connectivity index (χ4n) is 2.81. The van der Waals surface area contributed by atoms with Crippen molar-refractivity contribution < 1.29 is 23.0 Å². The van der Waals surface area contributed by atoms with Crippen molar-refractivity contribution in [2.75, 3.05) is 6.61 Å². The van der Waals surface area contributed by atoms with Gasteiger partial charge in [-0.15, -0.1) is 0 Å². The van der Waals surface area contributed by atoms with Crippen LogP contribution in [-0.4, -0.2) is 18.5 Å². The highest BCUT2D eigenvalue weighted by Gasteiger charge is 2.21. The van der Waals surface area contributed by atoms with Gasteiger partial charge < -0.3 is 9.47 Å². The quantitative estimate of drug-likeness (QED) is 0.588. The second-order valence-electron chi connectivity index (χ2n) is 5.89. The molecule has 130 valence electrons. The lowest BCUT2D eigenvalue weighted by molar-refractivity contribution is 0.104. The molecule has 2 aromatic carbocycles. The minimum atomic E-state index is -0.757. The van der Waals surface area contributed by atoms with Crippen molar-refractivity contribution in [3.8, 4) is 11.5 Å². The van der Waals surface area contributed by atoms with Crippen LogP contribution >= 0.6 is 0 Å². The lowest BCUT2D eigenvalue weighted by atomic mass is 10.0. The number of rotatable bonds is 5. The summed E-state index contributed by atoms with van der Waals surface area (Å²) in [6.45, 7) is 4.32. The summed E-state index contributed by atoms with van der Waals surface area (Å²) in [5, 5.41) is 0. The second kappa shape index (κ2) is 7.05. The van der Waals surface area contributed by atoms with Crippen LogP contribution in [0.4, 0.5) is 8.78 Å². The van der Waals surface area contributed by atoms with Gasteiger partial charge in [0.2, 0.25) is 0 Å². The SMILES string of the molecule is CCOc1cc2c(cc1/C=C/C(=O)c1cc(F)ccc1F)O[C@H](C)C2. The summed E-state index contributed by atoms with van der Waals surface area (Å²) in [6, 6.07) is 6.50. The normalized spacial score (nSPS) is 15.9. The Hall–Kier alpha value is -2.69. The molecule has 1 heterocycles. The molecule has 0 radical (unpaired) electrons. The third-order valence-corrected chi connectivity index (χ3v) is 3.94. The molecule has 0 N–H and O–H groups in total. The Balaban J connectivity index is 1.91. The molecule has 3 rings (SSSR count). The molecule has 0 amide bonds. The fraction of sp³-hybridized carbons (Fsp3) is 0.250. The predicted octanol–water partition coefficient (Wildman–Crippen LogP) is 4.58. The van der Waals surface area contributed by atoms with Gasteiger partial charge in [0.1, 0.15) is 29.2 Å². The zero-order chi connectivity index (χ0) is 18.0. The Kier molecular flexibility index (Phi) is 4.83. The van der Waals surface area contributed by atoms with E-state index in [1.807, 2.05) is 19.9 Å². The molecule has 1 aliphatic heterocycles. The van der Waals surface area contributed by atoms with Crippen LogP contribution in [0.15, 0.2) is 36.4 Å². The van der Waals surface area contributed by atoms with Gasteiger partial charge in [0.05, 0.1) is 12.2 Å². The van der Waals surface area contributed by atoms with E-state index in [0.717, 1.165) is 35.9 Å². The first-order chi connectivity index (χ1) is 12.0. The van der Waals surface area contributed by atoms with Gasteiger partial charge in [-0.05, 0) is 56.3 Å². The van der Waals surface area contributed by atoms with Crippen LogP contribution in [0.1, 0.15) is 35.3 Å². The van der Waals surface area contributed by atoms with E-state index < -0.39 is 17.4 Å². The summed E-state index contributed by atoms with van der Waals surface area (Å²) in [6.07, 6.45) is 3.63. The zero-order valence-corrected chi connectivity index (χ0v) is 14.0. The lowest BCUT2D eigenvalue weighted by Crippen LogP contribution is -2.05. The predicted molar refractivity (Wildman–Crippen MR) is 91.1 cm³/mol. The van der Waals surface area contributed by atoms with E-state index in [0.29, 0.717) is 17.9 Å². The van der Waals surface area contributed by atoms with Gasteiger partial charge in [0, 0.05) is 17.5 Å². The number of ketones is 1. The number of benzene rings is 2.